The van der Waals surface area contributed by atoms with Crippen molar-refractivity contribution in [3.05, 3.63) is 48.0 Å². The number of carboxylic acid groups (broad SMARTS) is 1. The van der Waals surface area contributed by atoms with Crippen LogP contribution in [0.3, 0.4) is 0 Å². The van der Waals surface area contributed by atoms with E-state index in [-0.39, 0.29) is 5.92 Å². The Bertz CT molecular complexity index is 589. The first kappa shape index (κ1) is 11.2. The van der Waals surface area contributed by atoms with E-state index in [0.29, 0.717) is 0 Å². The molecule has 2 N–H and O–H groups in total. The fourth-order valence-corrected chi connectivity index (χ4v) is 2.87. The molecule has 0 amide bonds. The van der Waals surface area contributed by atoms with Crippen LogP contribution < -0.4 is 5.32 Å². The van der Waals surface area contributed by atoms with E-state index in [2.05, 4.69) is 29.6 Å². The van der Waals surface area contributed by atoms with Gasteiger partial charge in [0.25, 0.3) is 0 Å². The zero-order chi connectivity index (χ0) is 12.5. The van der Waals surface area contributed by atoms with Crippen LogP contribution in [0.25, 0.3) is 10.8 Å². The van der Waals surface area contributed by atoms with Crippen LogP contribution in [-0.4, -0.2) is 23.7 Å². The molecular weight excluding hydrogens is 226 g/mol. The van der Waals surface area contributed by atoms with Crippen molar-refractivity contribution in [2.45, 2.75) is 18.4 Å². The van der Waals surface area contributed by atoms with Gasteiger partial charge in [0.1, 0.15) is 6.04 Å². The van der Waals surface area contributed by atoms with Gasteiger partial charge in [-0.25, -0.2) is 0 Å². The van der Waals surface area contributed by atoms with E-state index in [9.17, 15) is 9.90 Å². The number of rotatable bonds is 2. The second kappa shape index (κ2) is 4.42. The highest BCUT2D eigenvalue weighted by Crippen LogP contribution is 2.33. The summed E-state index contributed by atoms with van der Waals surface area (Å²) in [6, 6.07) is 13.8. The van der Waals surface area contributed by atoms with Crippen molar-refractivity contribution in [1.29, 1.82) is 0 Å². The van der Waals surface area contributed by atoms with Crippen molar-refractivity contribution in [2.75, 3.05) is 6.54 Å². The Hall–Kier alpha value is -1.87. The van der Waals surface area contributed by atoms with E-state index in [4.69, 9.17) is 0 Å². The predicted octanol–water partition coefficient (Wildman–Crippen LogP) is 2.37. The van der Waals surface area contributed by atoms with Gasteiger partial charge in [0, 0.05) is 5.92 Å². The third-order valence-electron chi connectivity index (χ3n) is 3.71. The van der Waals surface area contributed by atoms with Gasteiger partial charge >= 0.3 is 5.97 Å². The van der Waals surface area contributed by atoms with E-state index in [0.717, 1.165) is 18.5 Å². The first-order valence-corrected chi connectivity index (χ1v) is 6.21. The second-order valence-electron chi connectivity index (χ2n) is 4.73. The molecule has 1 fully saturated rings. The molecule has 3 heteroatoms. The summed E-state index contributed by atoms with van der Waals surface area (Å²) in [6.45, 7) is 0.769. The van der Waals surface area contributed by atoms with Crippen LogP contribution in [0, 0.1) is 0 Å². The highest BCUT2D eigenvalue weighted by atomic mass is 16.4. The Balaban J connectivity index is 2.11. The Morgan fingerprint density at radius 3 is 2.78 bits per heavy atom. The molecule has 0 aliphatic carbocycles. The molecule has 1 aliphatic heterocycles. The molecule has 1 saturated heterocycles. The Morgan fingerprint density at radius 1 is 1.17 bits per heavy atom. The van der Waals surface area contributed by atoms with Crippen molar-refractivity contribution in [2.24, 2.45) is 0 Å². The van der Waals surface area contributed by atoms with Crippen molar-refractivity contribution in [3.8, 4) is 0 Å². The SMILES string of the molecule is O=C(O)C1NCCC1c1cccc2ccccc12. The highest BCUT2D eigenvalue weighted by Gasteiger charge is 2.34. The van der Waals surface area contributed by atoms with Crippen LogP contribution in [0.2, 0.25) is 0 Å². The largest absolute Gasteiger partial charge is 0.480 e. The molecule has 2 aromatic rings. The number of nitrogens with one attached hydrogen (secondary N) is 1. The molecular formula is C15H15NO2. The maximum Gasteiger partial charge on any atom is 0.321 e. The maximum absolute atomic E-state index is 11.3. The lowest BCUT2D eigenvalue weighted by Gasteiger charge is -2.17. The van der Waals surface area contributed by atoms with E-state index < -0.39 is 12.0 Å². The molecule has 0 spiro atoms. The summed E-state index contributed by atoms with van der Waals surface area (Å²) in [5, 5.41) is 14.7. The molecule has 1 heterocycles. The molecule has 0 aromatic heterocycles. The highest BCUT2D eigenvalue weighted by molar-refractivity contribution is 5.87. The van der Waals surface area contributed by atoms with E-state index in [1.807, 2.05) is 18.2 Å². The number of fused-ring (bicyclic) bond motifs is 1. The minimum Gasteiger partial charge on any atom is -0.480 e. The van der Waals surface area contributed by atoms with Crippen LogP contribution in [0.5, 0.6) is 0 Å². The third kappa shape index (κ3) is 1.77. The molecule has 1 aliphatic rings. The van der Waals surface area contributed by atoms with E-state index in [1.54, 1.807) is 0 Å². The number of aliphatic carboxylic acids is 1. The average molecular weight is 241 g/mol. The average Bonchev–Trinajstić information content (AvgIpc) is 2.87. The zero-order valence-corrected chi connectivity index (χ0v) is 9.97. The zero-order valence-electron chi connectivity index (χ0n) is 9.97. The van der Waals surface area contributed by atoms with Crippen LogP contribution in [0.1, 0.15) is 17.9 Å². The van der Waals surface area contributed by atoms with Gasteiger partial charge < -0.3 is 10.4 Å². The lowest BCUT2D eigenvalue weighted by atomic mass is 9.88. The molecule has 2 aromatic carbocycles. The topological polar surface area (TPSA) is 49.3 Å². The van der Waals surface area contributed by atoms with Gasteiger partial charge in [0.2, 0.25) is 0 Å². The lowest BCUT2D eigenvalue weighted by Crippen LogP contribution is -2.34. The van der Waals surface area contributed by atoms with Crippen molar-refractivity contribution in [1.82, 2.24) is 5.32 Å². The van der Waals surface area contributed by atoms with Gasteiger partial charge in [-0.15, -0.1) is 0 Å². The van der Waals surface area contributed by atoms with Gasteiger partial charge in [-0.05, 0) is 29.3 Å². The summed E-state index contributed by atoms with van der Waals surface area (Å²) < 4.78 is 0. The van der Waals surface area contributed by atoms with Gasteiger partial charge in [-0.1, -0.05) is 42.5 Å². The second-order valence-corrected chi connectivity index (χ2v) is 4.73. The van der Waals surface area contributed by atoms with Gasteiger partial charge in [-0.2, -0.15) is 0 Å². The Kier molecular flexibility index (Phi) is 2.76. The standard InChI is InChI=1S/C15H15NO2/c17-15(18)14-13(8-9-16-14)12-7-3-5-10-4-1-2-6-11(10)12/h1-7,13-14,16H,8-9H2,(H,17,18). The van der Waals surface area contributed by atoms with Crippen LogP contribution >= 0.6 is 0 Å². The summed E-state index contributed by atoms with van der Waals surface area (Å²) in [4.78, 5) is 11.3. The van der Waals surface area contributed by atoms with Crippen molar-refractivity contribution >= 4 is 16.7 Å². The molecule has 18 heavy (non-hydrogen) atoms. The number of carboxylic acids is 1. The summed E-state index contributed by atoms with van der Waals surface area (Å²) in [5.41, 5.74) is 1.14. The first-order valence-electron chi connectivity index (χ1n) is 6.21. The van der Waals surface area contributed by atoms with E-state index >= 15 is 0 Å². The summed E-state index contributed by atoms with van der Waals surface area (Å²) in [7, 11) is 0. The minimum absolute atomic E-state index is 0.0635. The number of benzene rings is 2. The predicted molar refractivity (Wildman–Crippen MR) is 70.7 cm³/mol. The molecule has 92 valence electrons. The molecule has 3 nitrogen and oxygen atoms in total. The quantitative estimate of drug-likeness (QED) is 0.848. The molecule has 0 radical (unpaired) electrons. The molecule has 0 bridgehead atoms. The minimum atomic E-state index is -0.759. The van der Waals surface area contributed by atoms with Crippen molar-refractivity contribution < 1.29 is 9.90 Å². The monoisotopic (exact) mass is 241 g/mol. The fourth-order valence-electron chi connectivity index (χ4n) is 2.87. The number of carbonyl (C=O) groups is 1. The Labute approximate surface area is 105 Å². The Morgan fingerprint density at radius 2 is 1.94 bits per heavy atom. The van der Waals surface area contributed by atoms with Crippen molar-refractivity contribution in [3.63, 3.8) is 0 Å². The fraction of sp³-hybridized carbons (Fsp3) is 0.267. The molecule has 2 unspecified atom stereocenters. The molecule has 0 saturated carbocycles. The van der Waals surface area contributed by atoms with Gasteiger partial charge in [-0.3, -0.25) is 4.79 Å². The summed E-state index contributed by atoms with van der Waals surface area (Å²) >= 11 is 0. The summed E-state index contributed by atoms with van der Waals surface area (Å²) in [6.07, 6.45) is 0.880. The lowest BCUT2D eigenvalue weighted by molar-refractivity contribution is -0.139. The summed E-state index contributed by atoms with van der Waals surface area (Å²) in [5.74, 6) is -0.695. The third-order valence-corrected chi connectivity index (χ3v) is 3.71. The number of hydrogen-bond acceptors (Lipinski definition) is 2. The first-order chi connectivity index (χ1) is 8.77. The van der Waals surface area contributed by atoms with Crippen LogP contribution in [0.15, 0.2) is 42.5 Å². The van der Waals surface area contributed by atoms with Crippen LogP contribution in [0.4, 0.5) is 0 Å². The van der Waals surface area contributed by atoms with Gasteiger partial charge in [0.05, 0.1) is 0 Å². The van der Waals surface area contributed by atoms with E-state index in [1.165, 1.54) is 10.8 Å². The maximum atomic E-state index is 11.3. The van der Waals surface area contributed by atoms with Gasteiger partial charge in [0.15, 0.2) is 0 Å². The molecule has 3 rings (SSSR count). The van der Waals surface area contributed by atoms with Crippen LogP contribution in [-0.2, 0) is 4.79 Å². The normalized spacial score (nSPS) is 23.3. The molecule has 2 atom stereocenters. The smallest absolute Gasteiger partial charge is 0.321 e. The number of hydrogen-bond donors (Lipinski definition) is 2.